The maximum Gasteiger partial charge on any atom is 0.259 e. The van der Waals surface area contributed by atoms with E-state index in [1.807, 2.05) is 6.08 Å². The number of nitrogens with zero attached hydrogens (tertiary/aromatic N) is 2. The van der Waals surface area contributed by atoms with Crippen molar-refractivity contribution in [2.24, 2.45) is 0 Å². The summed E-state index contributed by atoms with van der Waals surface area (Å²) < 4.78 is 27.1. The summed E-state index contributed by atoms with van der Waals surface area (Å²) in [5.41, 5.74) is 0. The van der Waals surface area contributed by atoms with Crippen molar-refractivity contribution in [1.82, 2.24) is 10.2 Å². The highest BCUT2D eigenvalue weighted by Gasteiger charge is 2.28. The molecular formula is C12H17N3O2S2. The summed E-state index contributed by atoms with van der Waals surface area (Å²) in [7, 11) is -3.43. The van der Waals surface area contributed by atoms with Crippen molar-refractivity contribution < 1.29 is 8.42 Å². The molecule has 0 aromatic carbocycles. The number of allylic oxidation sites excluding steroid dienone is 2. The number of hydrogen-bond donors (Lipinski definition) is 1. The van der Waals surface area contributed by atoms with Crippen LogP contribution in [0.3, 0.4) is 0 Å². The van der Waals surface area contributed by atoms with Gasteiger partial charge in [0.05, 0.1) is 4.91 Å². The van der Waals surface area contributed by atoms with E-state index in [0.717, 1.165) is 43.5 Å². The Bertz CT molecular complexity index is 588. The lowest BCUT2D eigenvalue weighted by Gasteiger charge is -2.07. The van der Waals surface area contributed by atoms with E-state index in [-0.39, 0.29) is 0 Å². The van der Waals surface area contributed by atoms with Crippen molar-refractivity contribution in [3.05, 3.63) is 16.0 Å². The molecule has 0 unspecified atom stereocenters. The lowest BCUT2D eigenvalue weighted by atomic mass is 10.2. The molecular weight excluding hydrogens is 282 g/mol. The number of aromatic nitrogens is 2. The summed E-state index contributed by atoms with van der Waals surface area (Å²) in [6.07, 6.45) is 8.72. The fraction of sp³-hybridized carbons (Fsp3) is 0.667. The van der Waals surface area contributed by atoms with Gasteiger partial charge in [-0.3, -0.25) is 4.72 Å². The minimum Gasteiger partial charge on any atom is -0.253 e. The summed E-state index contributed by atoms with van der Waals surface area (Å²) in [6, 6.07) is 0. The fourth-order valence-electron chi connectivity index (χ4n) is 2.18. The second-order valence-corrected chi connectivity index (χ2v) is 7.84. The van der Waals surface area contributed by atoms with Crippen LogP contribution < -0.4 is 4.72 Å². The largest absolute Gasteiger partial charge is 0.259 e. The molecule has 1 heterocycles. The first-order chi connectivity index (χ1) is 9.15. The highest BCUT2D eigenvalue weighted by atomic mass is 32.2. The molecule has 0 saturated heterocycles. The van der Waals surface area contributed by atoms with Crippen molar-refractivity contribution in [2.75, 3.05) is 4.72 Å². The molecule has 0 radical (unpaired) electrons. The topological polar surface area (TPSA) is 72.0 Å². The van der Waals surface area contributed by atoms with E-state index in [9.17, 15) is 8.42 Å². The van der Waals surface area contributed by atoms with Crippen LogP contribution in [0.15, 0.2) is 11.0 Å². The summed E-state index contributed by atoms with van der Waals surface area (Å²) in [5.74, 6) is 0.507. The quantitative estimate of drug-likeness (QED) is 0.927. The average Bonchev–Trinajstić information content (AvgIpc) is 3.16. The van der Waals surface area contributed by atoms with Crippen LogP contribution in [0.1, 0.15) is 55.9 Å². The minimum absolute atomic E-state index is 0.395. The van der Waals surface area contributed by atoms with Gasteiger partial charge < -0.3 is 0 Å². The van der Waals surface area contributed by atoms with Crippen molar-refractivity contribution in [2.45, 2.75) is 50.9 Å². The lowest BCUT2D eigenvalue weighted by molar-refractivity contribution is 0.603. The standard InChI is InChI=1S/C12H17N3O2S2/c16-19(17,10-5-3-1-2-4-6-10)15-12-14-13-11(18-12)9-7-8-9/h5,9H,1-4,6-8H2,(H,14,15). The average molecular weight is 299 g/mol. The second kappa shape index (κ2) is 5.20. The molecule has 1 N–H and O–H groups in total. The molecule has 1 fully saturated rings. The molecule has 1 aromatic heterocycles. The monoisotopic (exact) mass is 299 g/mol. The Kier molecular flexibility index (Phi) is 3.58. The number of sulfonamides is 1. The molecule has 0 amide bonds. The molecule has 1 saturated carbocycles. The Hall–Kier alpha value is -0.950. The molecule has 1 aromatic rings. The molecule has 0 atom stereocenters. The van der Waals surface area contributed by atoms with Gasteiger partial charge in [0, 0.05) is 5.92 Å². The lowest BCUT2D eigenvalue weighted by Crippen LogP contribution is -2.14. The van der Waals surface area contributed by atoms with E-state index < -0.39 is 10.0 Å². The smallest absolute Gasteiger partial charge is 0.253 e. The van der Waals surface area contributed by atoms with E-state index in [0.29, 0.717) is 22.4 Å². The van der Waals surface area contributed by atoms with Crippen molar-refractivity contribution in [3.8, 4) is 0 Å². The summed E-state index contributed by atoms with van der Waals surface area (Å²) in [6.45, 7) is 0. The second-order valence-electron chi connectivity index (χ2n) is 5.09. The van der Waals surface area contributed by atoms with Gasteiger partial charge in [-0.2, -0.15) is 0 Å². The van der Waals surface area contributed by atoms with Crippen LogP contribution in [0.2, 0.25) is 0 Å². The Morgan fingerprint density at radius 3 is 2.84 bits per heavy atom. The van der Waals surface area contributed by atoms with Crippen molar-refractivity contribution in [3.63, 3.8) is 0 Å². The molecule has 0 aliphatic heterocycles. The van der Waals surface area contributed by atoms with Gasteiger partial charge in [0.1, 0.15) is 5.01 Å². The third kappa shape index (κ3) is 3.14. The van der Waals surface area contributed by atoms with E-state index in [2.05, 4.69) is 14.9 Å². The van der Waals surface area contributed by atoms with Crippen LogP contribution in [0.4, 0.5) is 5.13 Å². The highest BCUT2D eigenvalue weighted by Crippen LogP contribution is 2.42. The third-order valence-electron chi connectivity index (χ3n) is 3.43. The summed E-state index contributed by atoms with van der Waals surface area (Å²) in [4.78, 5) is 0.508. The minimum atomic E-state index is -3.43. The van der Waals surface area contributed by atoms with Crippen LogP contribution in [0.5, 0.6) is 0 Å². The zero-order chi connectivity index (χ0) is 13.3. The van der Waals surface area contributed by atoms with Gasteiger partial charge in [0.25, 0.3) is 10.0 Å². The first-order valence-corrected chi connectivity index (χ1v) is 9.00. The maximum absolute atomic E-state index is 12.3. The predicted octanol–water partition coefficient (Wildman–Crippen LogP) is 3.01. The number of rotatable bonds is 4. The number of hydrogen-bond acceptors (Lipinski definition) is 5. The molecule has 0 spiro atoms. The Morgan fingerprint density at radius 1 is 1.21 bits per heavy atom. The predicted molar refractivity (Wildman–Crippen MR) is 75.6 cm³/mol. The van der Waals surface area contributed by atoms with Gasteiger partial charge in [-0.05, 0) is 38.5 Å². The van der Waals surface area contributed by atoms with Gasteiger partial charge in [-0.15, -0.1) is 10.2 Å². The zero-order valence-electron chi connectivity index (χ0n) is 10.6. The molecule has 5 nitrogen and oxygen atoms in total. The Morgan fingerprint density at radius 2 is 2.05 bits per heavy atom. The number of anilines is 1. The Balaban J connectivity index is 1.74. The van der Waals surface area contributed by atoms with Gasteiger partial charge in [0.2, 0.25) is 5.13 Å². The molecule has 19 heavy (non-hydrogen) atoms. The first kappa shape index (κ1) is 13.1. The first-order valence-electron chi connectivity index (χ1n) is 6.70. The van der Waals surface area contributed by atoms with Crippen molar-refractivity contribution in [1.29, 1.82) is 0 Å². The number of nitrogens with one attached hydrogen (secondary N) is 1. The van der Waals surface area contributed by atoms with Crippen LogP contribution in [0.25, 0.3) is 0 Å². The zero-order valence-corrected chi connectivity index (χ0v) is 12.3. The molecule has 104 valence electrons. The SMILES string of the molecule is O=S(=O)(Nc1nnc(C2CC2)s1)C1=CCCCCC1. The van der Waals surface area contributed by atoms with Gasteiger partial charge >= 0.3 is 0 Å². The van der Waals surface area contributed by atoms with Gasteiger partial charge in [-0.25, -0.2) is 8.42 Å². The molecule has 2 aliphatic carbocycles. The molecule has 2 aliphatic rings. The van der Waals surface area contributed by atoms with Gasteiger partial charge in [0.15, 0.2) is 0 Å². The normalized spacial score (nSPS) is 20.7. The molecule has 0 bridgehead atoms. The third-order valence-corrected chi connectivity index (χ3v) is 6.09. The maximum atomic E-state index is 12.3. The van der Waals surface area contributed by atoms with Crippen LogP contribution in [-0.2, 0) is 10.0 Å². The van der Waals surface area contributed by atoms with E-state index in [4.69, 9.17) is 0 Å². The van der Waals surface area contributed by atoms with E-state index in [1.165, 1.54) is 11.3 Å². The van der Waals surface area contributed by atoms with Crippen molar-refractivity contribution >= 4 is 26.5 Å². The Labute approximate surface area is 117 Å². The van der Waals surface area contributed by atoms with E-state index >= 15 is 0 Å². The summed E-state index contributed by atoms with van der Waals surface area (Å²) >= 11 is 1.36. The van der Waals surface area contributed by atoms with Crippen LogP contribution >= 0.6 is 11.3 Å². The molecule has 7 heteroatoms. The van der Waals surface area contributed by atoms with E-state index in [1.54, 1.807) is 0 Å². The molecule has 3 rings (SSSR count). The van der Waals surface area contributed by atoms with Crippen LogP contribution in [-0.4, -0.2) is 18.6 Å². The highest BCUT2D eigenvalue weighted by molar-refractivity contribution is 7.96. The summed E-state index contributed by atoms with van der Waals surface area (Å²) in [5, 5.41) is 9.33. The van der Waals surface area contributed by atoms with Crippen LogP contribution in [0, 0.1) is 0 Å². The van der Waals surface area contributed by atoms with Gasteiger partial charge in [-0.1, -0.05) is 23.8 Å². The fourth-order valence-corrected chi connectivity index (χ4v) is 4.59.